The lowest BCUT2D eigenvalue weighted by molar-refractivity contribution is -0.348. The van der Waals surface area contributed by atoms with Gasteiger partial charge >= 0.3 is 18.0 Å². The Kier molecular flexibility index (Phi) is 8.37. The van der Waals surface area contributed by atoms with E-state index in [2.05, 4.69) is 0 Å². The quantitative estimate of drug-likeness (QED) is 0.319. The molecule has 1 amide bonds. The first-order valence-corrected chi connectivity index (χ1v) is 15.9. The number of halogens is 7. The first-order valence-electron chi connectivity index (χ1n) is 14.4. The summed E-state index contributed by atoms with van der Waals surface area (Å²) >= 11 is 0. The number of hydrogen-bond donors (Lipinski definition) is 2. The fraction of sp³-hybridized carbons (Fsp3) is 0.567. The number of benzene rings is 2. The van der Waals surface area contributed by atoms with Gasteiger partial charge in [-0.25, -0.2) is 12.8 Å². The van der Waals surface area contributed by atoms with Gasteiger partial charge < -0.3 is 15.1 Å². The molecule has 2 aromatic carbocycles. The molecule has 3 aliphatic rings. The highest BCUT2D eigenvalue weighted by Gasteiger charge is 2.73. The number of fused-ring (bicyclic) bond motifs is 1. The molecule has 2 N–H and O–H groups in total. The van der Waals surface area contributed by atoms with Crippen molar-refractivity contribution in [2.45, 2.75) is 85.3 Å². The Bertz CT molecular complexity index is 1490. The van der Waals surface area contributed by atoms with E-state index in [1.54, 1.807) is 6.07 Å². The van der Waals surface area contributed by atoms with Gasteiger partial charge in [0.25, 0.3) is 0 Å². The summed E-state index contributed by atoms with van der Waals surface area (Å²) in [4.78, 5) is 14.8. The summed E-state index contributed by atoms with van der Waals surface area (Å²) in [5.74, 6) is -1.28. The molecule has 2 aromatic rings. The molecule has 0 radical (unpaired) electrons. The summed E-state index contributed by atoms with van der Waals surface area (Å²) in [6.45, 7) is -0.460. The lowest BCUT2D eigenvalue weighted by Gasteiger charge is -2.34. The average molecular weight is 652 g/mol. The molecule has 2 fully saturated rings. The first kappa shape index (κ1) is 32.7. The number of alkyl halides is 7. The van der Waals surface area contributed by atoms with Crippen LogP contribution in [0.5, 0.6) is 0 Å². The Morgan fingerprint density at radius 1 is 0.864 bits per heavy atom. The average Bonchev–Trinajstić information content (AvgIpc) is 3.63. The van der Waals surface area contributed by atoms with Crippen molar-refractivity contribution >= 4 is 15.7 Å². The minimum Gasteiger partial charge on any atom is -0.368 e. The molecule has 1 heterocycles. The molecule has 1 saturated heterocycles. The third-order valence-corrected chi connectivity index (χ3v) is 12.0. The highest BCUT2D eigenvalue weighted by Crippen LogP contribution is 2.54. The lowest BCUT2D eigenvalue weighted by atomic mass is 9.81. The summed E-state index contributed by atoms with van der Waals surface area (Å²) in [5, 5.41) is 18.9. The highest BCUT2D eigenvalue weighted by atomic mass is 32.2. The number of hydrogen-bond acceptors (Lipinski definition) is 5. The molecule has 1 atom stereocenters. The number of nitrogens with zero attached hydrogens (tertiary/aromatic N) is 1. The summed E-state index contributed by atoms with van der Waals surface area (Å²) in [5.41, 5.74) is -5.77. The van der Waals surface area contributed by atoms with Gasteiger partial charge in [0.15, 0.2) is 16.1 Å². The van der Waals surface area contributed by atoms with E-state index in [4.69, 9.17) is 0 Å². The zero-order valence-electron chi connectivity index (χ0n) is 23.5. The Labute approximate surface area is 249 Å². The third-order valence-electron chi connectivity index (χ3n) is 9.57. The summed E-state index contributed by atoms with van der Waals surface area (Å²) in [6.07, 6.45) is -10.7. The van der Waals surface area contributed by atoms with Gasteiger partial charge in [-0.15, -0.1) is 0 Å². The Morgan fingerprint density at radius 3 is 2.02 bits per heavy atom. The normalized spacial score (nSPS) is 25.0. The van der Waals surface area contributed by atoms with E-state index in [-0.39, 0.29) is 29.3 Å². The Hall–Kier alpha value is -2.71. The second-order valence-electron chi connectivity index (χ2n) is 12.0. The van der Waals surface area contributed by atoms with Crippen LogP contribution in [0, 0.1) is 11.8 Å². The zero-order chi connectivity index (χ0) is 32.3. The SMILES string of the molecule is O=C([C@H]1CC[C@H](C(O)O)CC1)N1CCC(c2ccc(C(F)(C(F)(F)F)C(F)(F)F)cc2)(S(=O)(=O)c2ccc3c(c2)CCC3)C1. The second kappa shape index (κ2) is 11.3. The minimum absolute atomic E-state index is 0.0501. The Morgan fingerprint density at radius 2 is 1.45 bits per heavy atom. The zero-order valence-corrected chi connectivity index (χ0v) is 24.3. The fourth-order valence-electron chi connectivity index (χ4n) is 6.94. The van der Waals surface area contributed by atoms with Crippen LogP contribution < -0.4 is 0 Å². The fourth-order valence-corrected chi connectivity index (χ4v) is 9.06. The maximum Gasteiger partial charge on any atom is 0.435 e. The largest absolute Gasteiger partial charge is 0.435 e. The summed E-state index contributed by atoms with van der Waals surface area (Å²) < 4.78 is 122. The van der Waals surface area contributed by atoms with Crippen molar-refractivity contribution in [2.24, 2.45) is 11.8 Å². The molecule has 242 valence electrons. The van der Waals surface area contributed by atoms with Gasteiger partial charge in [-0.05, 0) is 80.2 Å². The molecule has 2 aliphatic carbocycles. The molecule has 1 saturated carbocycles. The van der Waals surface area contributed by atoms with Crippen molar-refractivity contribution in [1.82, 2.24) is 4.90 Å². The molecule has 5 rings (SSSR count). The van der Waals surface area contributed by atoms with Crippen LogP contribution in [-0.2, 0) is 37.9 Å². The number of rotatable bonds is 6. The van der Waals surface area contributed by atoms with Crippen molar-refractivity contribution in [3.8, 4) is 0 Å². The van der Waals surface area contributed by atoms with Crippen LogP contribution in [0.3, 0.4) is 0 Å². The van der Waals surface area contributed by atoms with Gasteiger partial charge in [0.2, 0.25) is 5.91 Å². The second-order valence-corrected chi connectivity index (χ2v) is 14.3. The maximum absolute atomic E-state index is 14.8. The van der Waals surface area contributed by atoms with Crippen molar-refractivity contribution in [3.05, 3.63) is 64.7 Å². The van der Waals surface area contributed by atoms with Crippen LogP contribution in [0.1, 0.15) is 60.8 Å². The third kappa shape index (κ3) is 5.30. The molecule has 14 heteroatoms. The monoisotopic (exact) mass is 651 g/mol. The van der Waals surface area contributed by atoms with Gasteiger partial charge in [0.1, 0.15) is 4.75 Å². The topological polar surface area (TPSA) is 94.9 Å². The number of carbonyl (C=O) groups is 1. The van der Waals surface area contributed by atoms with Crippen LogP contribution in [0.2, 0.25) is 0 Å². The van der Waals surface area contributed by atoms with Gasteiger partial charge in [-0.1, -0.05) is 30.3 Å². The van der Waals surface area contributed by atoms with E-state index < -0.39 is 62.8 Å². The number of sulfone groups is 1. The number of carbonyl (C=O) groups excluding carboxylic acids is 1. The molecule has 44 heavy (non-hydrogen) atoms. The number of aliphatic hydroxyl groups excluding tert-OH is 1. The number of amides is 1. The van der Waals surface area contributed by atoms with Crippen LogP contribution in [0.4, 0.5) is 30.7 Å². The van der Waals surface area contributed by atoms with Crippen molar-refractivity contribution in [1.29, 1.82) is 0 Å². The summed E-state index contributed by atoms with van der Waals surface area (Å²) in [6, 6.07) is 6.79. The molecule has 0 bridgehead atoms. The minimum atomic E-state index is -6.33. The standard InChI is InChI=1S/C30H32F7NO5S/c31-28(29(32,33)34,30(35,36)37)23-11-9-22(10-12-23)27(44(42,43)24-13-8-18-2-1-3-21(18)16-24)14-15-38(17-27)25(39)19-4-6-20(7-5-19)26(40)41/h8-13,16,19-20,26,40-41H,1-7,14-15,17H2/t19-,20-,27?. The Balaban J connectivity index is 1.54. The predicted octanol–water partition coefficient (Wildman–Crippen LogP) is 5.48. The van der Waals surface area contributed by atoms with Gasteiger partial charge in [0.05, 0.1) is 4.90 Å². The summed E-state index contributed by atoms with van der Waals surface area (Å²) in [7, 11) is -4.40. The maximum atomic E-state index is 14.8. The smallest absolute Gasteiger partial charge is 0.368 e. The molecular weight excluding hydrogens is 619 g/mol. The van der Waals surface area contributed by atoms with Gasteiger partial charge in [0, 0.05) is 30.5 Å². The van der Waals surface area contributed by atoms with Crippen LogP contribution in [0.25, 0.3) is 0 Å². The van der Waals surface area contributed by atoms with Crippen molar-refractivity contribution < 1.29 is 54.2 Å². The van der Waals surface area contributed by atoms with Crippen molar-refractivity contribution in [3.63, 3.8) is 0 Å². The van der Waals surface area contributed by atoms with Gasteiger partial charge in [-0.3, -0.25) is 4.79 Å². The van der Waals surface area contributed by atoms with E-state index >= 15 is 0 Å². The molecule has 1 unspecified atom stereocenters. The molecular formula is C30H32F7NO5S. The number of aliphatic hydroxyl groups is 2. The van der Waals surface area contributed by atoms with E-state index in [1.165, 1.54) is 17.0 Å². The van der Waals surface area contributed by atoms with E-state index in [1.807, 2.05) is 0 Å². The van der Waals surface area contributed by atoms with E-state index in [0.717, 1.165) is 36.1 Å². The number of likely N-dealkylation sites (tertiary alicyclic amines) is 1. The molecule has 0 aromatic heterocycles. The van der Waals surface area contributed by atoms with Crippen LogP contribution in [0.15, 0.2) is 47.4 Å². The van der Waals surface area contributed by atoms with E-state index in [0.29, 0.717) is 44.2 Å². The van der Waals surface area contributed by atoms with E-state index in [9.17, 15) is 54.2 Å². The molecule has 0 spiro atoms. The van der Waals surface area contributed by atoms with Crippen LogP contribution in [-0.4, -0.2) is 61.2 Å². The van der Waals surface area contributed by atoms with Gasteiger partial charge in [-0.2, -0.15) is 26.3 Å². The molecule has 1 aliphatic heterocycles. The van der Waals surface area contributed by atoms with Crippen molar-refractivity contribution in [2.75, 3.05) is 13.1 Å². The van der Waals surface area contributed by atoms with Crippen LogP contribution >= 0.6 is 0 Å². The predicted molar refractivity (Wildman–Crippen MR) is 144 cm³/mol. The number of aryl methyl sites for hydroxylation is 2. The first-order chi connectivity index (χ1) is 20.4. The lowest BCUT2D eigenvalue weighted by Crippen LogP contribution is -2.50. The molecule has 6 nitrogen and oxygen atoms in total. The highest BCUT2D eigenvalue weighted by molar-refractivity contribution is 7.92.